The van der Waals surface area contributed by atoms with Gasteiger partial charge in [-0.05, 0) is 0 Å². The Balaban J connectivity index is 2.01. The monoisotopic (exact) mass is 172 g/mol. The van der Waals surface area contributed by atoms with Crippen LogP contribution in [-0.2, 0) is 14.2 Å². The van der Waals surface area contributed by atoms with E-state index < -0.39 is 5.60 Å². The number of nitrogens with two attached hydrogens (primary N) is 1. The van der Waals surface area contributed by atoms with E-state index in [1.807, 2.05) is 0 Å². The third kappa shape index (κ3) is 1.37. The third-order valence-electron chi connectivity index (χ3n) is 1.95. The van der Waals surface area contributed by atoms with Crippen molar-refractivity contribution < 1.29 is 14.2 Å². The first kappa shape index (κ1) is 7.82. The molecule has 2 aliphatic rings. The molecule has 5 nitrogen and oxygen atoms in total. The van der Waals surface area contributed by atoms with E-state index in [-0.39, 0.29) is 6.02 Å². The predicted octanol–water partition coefficient (Wildman–Crippen LogP) is -0.883. The number of amidine groups is 1. The summed E-state index contributed by atoms with van der Waals surface area (Å²) in [5.74, 6) is 0. The highest BCUT2D eigenvalue weighted by atomic mass is 16.6. The number of hydrogen-bond acceptors (Lipinski definition) is 5. The molecule has 1 spiro atoms. The lowest BCUT2D eigenvalue weighted by Gasteiger charge is -2.24. The molecule has 2 N–H and O–H groups in total. The van der Waals surface area contributed by atoms with E-state index in [2.05, 4.69) is 4.99 Å². The van der Waals surface area contributed by atoms with Crippen LogP contribution in [0.4, 0.5) is 0 Å². The van der Waals surface area contributed by atoms with Gasteiger partial charge in [0.15, 0.2) is 5.60 Å². The molecule has 0 bridgehead atoms. The summed E-state index contributed by atoms with van der Waals surface area (Å²) < 4.78 is 16.0. The van der Waals surface area contributed by atoms with Crippen molar-refractivity contribution in [1.82, 2.24) is 0 Å². The molecule has 1 fully saturated rings. The summed E-state index contributed by atoms with van der Waals surface area (Å²) >= 11 is 0. The van der Waals surface area contributed by atoms with Gasteiger partial charge in [-0.15, -0.1) is 0 Å². The van der Waals surface area contributed by atoms with E-state index in [4.69, 9.17) is 19.9 Å². The molecule has 12 heavy (non-hydrogen) atoms. The molecule has 0 radical (unpaired) electrons. The minimum absolute atomic E-state index is 0.240. The average molecular weight is 172 g/mol. The molecule has 0 aromatic rings. The number of nitrogens with zero attached hydrogens (tertiary/aromatic N) is 1. The smallest absolute Gasteiger partial charge is 0.282 e. The van der Waals surface area contributed by atoms with Crippen LogP contribution in [0.1, 0.15) is 0 Å². The van der Waals surface area contributed by atoms with Crippen LogP contribution < -0.4 is 5.73 Å². The minimum atomic E-state index is -0.444. The highest BCUT2D eigenvalue weighted by molar-refractivity contribution is 5.73. The Morgan fingerprint density at radius 3 is 2.42 bits per heavy atom. The maximum absolute atomic E-state index is 5.41. The van der Waals surface area contributed by atoms with Gasteiger partial charge in [0.1, 0.15) is 0 Å². The molecule has 1 saturated heterocycles. The van der Waals surface area contributed by atoms with Gasteiger partial charge in [-0.25, -0.2) is 4.99 Å². The van der Waals surface area contributed by atoms with Gasteiger partial charge < -0.3 is 19.9 Å². The summed E-state index contributed by atoms with van der Waals surface area (Å²) in [5, 5.41) is 0. The van der Waals surface area contributed by atoms with E-state index in [1.54, 1.807) is 0 Å². The number of aliphatic imine (C=N–C) groups is 1. The van der Waals surface area contributed by atoms with Crippen LogP contribution in [-0.4, -0.2) is 44.6 Å². The van der Waals surface area contributed by atoms with Gasteiger partial charge in [-0.3, -0.25) is 0 Å². The third-order valence-corrected chi connectivity index (χ3v) is 1.95. The average Bonchev–Trinajstić information content (AvgIpc) is 2.30. The maximum Gasteiger partial charge on any atom is 0.282 e. The largest absolute Gasteiger partial charge is 0.452 e. The Bertz CT molecular complexity index is 197. The summed E-state index contributed by atoms with van der Waals surface area (Å²) in [4.78, 5) is 3.97. The van der Waals surface area contributed by atoms with E-state index in [0.29, 0.717) is 33.0 Å². The van der Waals surface area contributed by atoms with Crippen LogP contribution in [0.3, 0.4) is 0 Å². The van der Waals surface area contributed by atoms with Crippen LogP contribution >= 0.6 is 0 Å². The fourth-order valence-corrected chi connectivity index (χ4v) is 1.33. The van der Waals surface area contributed by atoms with Crippen molar-refractivity contribution in [2.45, 2.75) is 5.60 Å². The normalized spacial score (nSPS) is 27.8. The van der Waals surface area contributed by atoms with Crippen LogP contribution in [0.15, 0.2) is 4.99 Å². The summed E-state index contributed by atoms with van der Waals surface area (Å²) in [6.45, 7) is 2.79. The number of hydrogen-bond donors (Lipinski definition) is 1. The second kappa shape index (κ2) is 2.91. The van der Waals surface area contributed by atoms with Crippen molar-refractivity contribution in [2.75, 3.05) is 33.0 Å². The van der Waals surface area contributed by atoms with Gasteiger partial charge >= 0.3 is 0 Å². The quantitative estimate of drug-likeness (QED) is 0.515. The SMILES string of the molecule is NC1=NCC2(COCCOC2)O1. The second-order valence-electron chi connectivity index (χ2n) is 3.04. The van der Waals surface area contributed by atoms with Crippen LogP contribution in [0.25, 0.3) is 0 Å². The number of rotatable bonds is 0. The van der Waals surface area contributed by atoms with Gasteiger partial charge in [-0.2, -0.15) is 0 Å². The molecule has 68 valence electrons. The van der Waals surface area contributed by atoms with E-state index >= 15 is 0 Å². The summed E-state index contributed by atoms with van der Waals surface area (Å²) in [6.07, 6.45) is 0. The lowest BCUT2D eigenvalue weighted by Crippen LogP contribution is -2.42. The lowest BCUT2D eigenvalue weighted by atomic mass is 10.1. The highest BCUT2D eigenvalue weighted by Gasteiger charge is 2.39. The van der Waals surface area contributed by atoms with E-state index in [1.165, 1.54) is 0 Å². The van der Waals surface area contributed by atoms with Crippen LogP contribution in [0.2, 0.25) is 0 Å². The molecule has 0 amide bonds. The van der Waals surface area contributed by atoms with E-state index in [9.17, 15) is 0 Å². The molecular formula is C7H12N2O3. The molecule has 0 saturated carbocycles. The fourth-order valence-electron chi connectivity index (χ4n) is 1.33. The highest BCUT2D eigenvalue weighted by Crippen LogP contribution is 2.20. The molecule has 0 aromatic carbocycles. The Morgan fingerprint density at radius 1 is 1.25 bits per heavy atom. The second-order valence-corrected chi connectivity index (χ2v) is 3.04. The first-order chi connectivity index (χ1) is 5.81. The Morgan fingerprint density at radius 2 is 1.92 bits per heavy atom. The molecule has 2 heterocycles. The Hall–Kier alpha value is -0.810. The van der Waals surface area contributed by atoms with Crippen molar-refractivity contribution in [3.63, 3.8) is 0 Å². The first-order valence-electron chi connectivity index (χ1n) is 3.95. The van der Waals surface area contributed by atoms with Gasteiger partial charge in [0, 0.05) is 0 Å². The van der Waals surface area contributed by atoms with Gasteiger partial charge in [0.2, 0.25) is 0 Å². The zero-order valence-electron chi connectivity index (χ0n) is 6.78. The van der Waals surface area contributed by atoms with Crippen LogP contribution in [0, 0.1) is 0 Å². The molecule has 2 aliphatic heterocycles. The summed E-state index contributed by atoms with van der Waals surface area (Å²) in [7, 11) is 0. The first-order valence-corrected chi connectivity index (χ1v) is 3.95. The Kier molecular flexibility index (Phi) is 1.90. The molecule has 0 aliphatic carbocycles. The van der Waals surface area contributed by atoms with Gasteiger partial charge in [0.25, 0.3) is 6.02 Å². The zero-order chi connectivity index (χ0) is 8.44. The summed E-state index contributed by atoms with van der Waals surface area (Å²) in [5.41, 5.74) is 4.96. The molecule has 5 heteroatoms. The van der Waals surface area contributed by atoms with Crippen LogP contribution in [0.5, 0.6) is 0 Å². The summed E-state index contributed by atoms with van der Waals surface area (Å²) in [6, 6.07) is 0.240. The minimum Gasteiger partial charge on any atom is -0.452 e. The van der Waals surface area contributed by atoms with Gasteiger partial charge in [-0.1, -0.05) is 0 Å². The van der Waals surface area contributed by atoms with Gasteiger partial charge in [0.05, 0.1) is 33.0 Å². The molecule has 0 unspecified atom stereocenters. The van der Waals surface area contributed by atoms with Crippen molar-refractivity contribution in [3.8, 4) is 0 Å². The molecule has 2 rings (SSSR count). The molecule has 0 atom stereocenters. The Labute approximate surface area is 70.5 Å². The predicted molar refractivity (Wildman–Crippen MR) is 41.9 cm³/mol. The van der Waals surface area contributed by atoms with Crippen molar-refractivity contribution in [3.05, 3.63) is 0 Å². The maximum atomic E-state index is 5.41. The molecular weight excluding hydrogens is 160 g/mol. The molecule has 0 aromatic heterocycles. The van der Waals surface area contributed by atoms with E-state index in [0.717, 1.165) is 0 Å². The topological polar surface area (TPSA) is 66.1 Å². The number of ether oxygens (including phenoxy) is 3. The lowest BCUT2D eigenvalue weighted by molar-refractivity contribution is -0.0232. The fraction of sp³-hybridized carbons (Fsp3) is 0.857. The zero-order valence-corrected chi connectivity index (χ0v) is 6.78. The standard InChI is InChI=1S/C7H12N2O3/c8-6-9-3-7(12-6)4-10-1-2-11-5-7/h1-5H2,(H2,8,9). The van der Waals surface area contributed by atoms with Crippen molar-refractivity contribution >= 4 is 6.02 Å². The van der Waals surface area contributed by atoms with Crippen molar-refractivity contribution in [1.29, 1.82) is 0 Å². The van der Waals surface area contributed by atoms with Crippen molar-refractivity contribution in [2.24, 2.45) is 10.7 Å².